The first kappa shape index (κ1) is 16.8. The summed E-state index contributed by atoms with van der Waals surface area (Å²) in [5.41, 5.74) is 0.555. The highest BCUT2D eigenvalue weighted by atomic mass is 19.3. The quantitative estimate of drug-likeness (QED) is 0.830. The highest BCUT2D eigenvalue weighted by Gasteiger charge is 2.15. The van der Waals surface area contributed by atoms with E-state index in [0.29, 0.717) is 5.82 Å². The number of aromatic nitrogens is 2. The number of halogens is 2. The van der Waals surface area contributed by atoms with Gasteiger partial charge >= 0.3 is 6.61 Å². The zero-order valence-electron chi connectivity index (χ0n) is 12.7. The maximum atomic E-state index is 12.2. The van der Waals surface area contributed by atoms with E-state index in [9.17, 15) is 18.4 Å². The summed E-state index contributed by atoms with van der Waals surface area (Å²) in [4.78, 5) is 30.1. The van der Waals surface area contributed by atoms with Gasteiger partial charge in [0.05, 0.1) is 0 Å². The lowest BCUT2D eigenvalue weighted by Gasteiger charge is -2.12. The molecule has 0 aliphatic carbocycles. The number of ether oxygens (including phenoxy) is 1. The van der Waals surface area contributed by atoms with Gasteiger partial charge in [-0.05, 0) is 30.5 Å². The largest absolute Gasteiger partial charge is 0.435 e. The van der Waals surface area contributed by atoms with E-state index in [1.54, 1.807) is 19.1 Å². The Morgan fingerprint density at radius 1 is 1.30 bits per heavy atom. The number of rotatable bonds is 6. The van der Waals surface area contributed by atoms with Crippen molar-refractivity contribution in [2.24, 2.45) is 0 Å². The van der Waals surface area contributed by atoms with E-state index >= 15 is 0 Å². The number of carbonyl (C=O) groups is 1. The van der Waals surface area contributed by atoms with E-state index in [1.807, 2.05) is 6.92 Å². The van der Waals surface area contributed by atoms with Gasteiger partial charge in [0.25, 0.3) is 5.56 Å². The number of H-pyrrole nitrogens is 1. The molecular weight excluding hydrogens is 306 g/mol. The molecule has 1 aromatic heterocycles. The van der Waals surface area contributed by atoms with Crippen molar-refractivity contribution in [3.63, 3.8) is 0 Å². The molecule has 0 saturated heterocycles. The van der Waals surface area contributed by atoms with Crippen LogP contribution in [0.2, 0.25) is 0 Å². The van der Waals surface area contributed by atoms with E-state index in [1.165, 1.54) is 18.2 Å². The minimum absolute atomic E-state index is 0.0640. The van der Waals surface area contributed by atoms with Crippen LogP contribution in [0.5, 0.6) is 5.75 Å². The van der Waals surface area contributed by atoms with Crippen LogP contribution in [0, 0.1) is 6.92 Å². The summed E-state index contributed by atoms with van der Waals surface area (Å²) in [7, 11) is 0. The SMILES string of the molecule is Cc1nc(C(=O)C[C@H](C)c2ccc(OC(F)F)cc2)cc(=O)[nH]1. The second kappa shape index (κ2) is 7.13. The molecule has 0 bridgehead atoms. The Balaban J connectivity index is 2.07. The van der Waals surface area contributed by atoms with Crippen molar-refractivity contribution in [3.8, 4) is 5.75 Å². The molecule has 23 heavy (non-hydrogen) atoms. The Hall–Kier alpha value is -2.57. The number of Topliss-reactive ketones (excluding diaryl/α,β-unsaturated/α-hetero) is 1. The van der Waals surface area contributed by atoms with Crippen LogP contribution in [-0.4, -0.2) is 22.4 Å². The minimum atomic E-state index is -2.87. The van der Waals surface area contributed by atoms with Crippen molar-refractivity contribution in [3.05, 3.63) is 57.8 Å². The van der Waals surface area contributed by atoms with Crippen molar-refractivity contribution in [2.45, 2.75) is 32.8 Å². The van der Waals surface area contributed by atoms with Crippen LogP contribution in [-0.2, 0) is 0 Å². The van der Waals surface area contributed by atoms with Crippen LogP contribution >= 0.6 is 0 Å². The Labute approximate surface area is 131 Å². The number of aryl methyl sites for hydroxylation is 1. The van der Waals surface area contributed by atoms with Gasteiger partial charge in [0, 0.05) is 12.5 Å². The molecule has 0 amide bonds. The number of nitrogens with zero attached hydrogens (tertiary/aromatic N) is 1. The molecule has 0 unspecified atom stereocenters. The molecule has 122 valence electrons. The van der Waals surface area contributed by atoms with E-state index in [2.05, 4.69) is 14.7 Å². The van der Waals surface area contributed by atoms with Gasteiger partial charge in [0.15, 0.2) is 5.78 Å². The lowest BCUT2D eigenvalue weighted by molar-refractivity contribution is -0.0498. The number of ketones is 1. The van der Waals surface area contributed by atoms with Gasteiger partial charge < -0.3 is 9.72 Å². The maximum absolute atomic E-state index is 12.2. The van der Waals surface area contributed by atoms with Gasteiger partial charge in [0.1, 0.15) is 17.3 Å². The summed E-state index contributed by atoms with van der Waals surface area (Å²) in [5.74, 6) is 0.0419. The molecule has 1 aromatic carbocycles. The van der Waals surface area contributed by atoms with Gasteiger partial charge in [-0.25, -0.2) is 4.98 Å². The Morgan fingerprint density at radius 2 is 1.96 bits per heavy atom. The number of hydrogen-bond donors (Lipinski definition) is 1. The van der Waals surface area contributed by atoms with Crippen molar-refractivity contribution < 1.29 is 18.3 Å². The number of carbonyl (C=O) groups excluding carboxylic acids is 1. The fourth-order valence-corrected chi connectivity index (χ4v) is 2.20. The van der Waals surface area contributed by atoms with Crippen LogP contribution < -0.4 is 10.3 Å². The highest BCUT2D eigenvalue weighted by Crippen LogP contribution is 2.23. The molecular formula is C16H16F2N2O3. The standard InChI is InChI=1S/C16H16F2N2O3/c1-9(11-3-5-12(6-4-11)23-16(17)18)7-14(21)13-8-15(22)20-10(2)19-13/h3-6,8-9,16H,7H2,1-2H3,(H,19,20,22)/t9-/m0/s1. The zero-order valence-corrected chi connectivity index (χ0v) is 12.7. The fraction of sp³-hybridized carbons (Fsp3) is 0.312. The lowest BCUT2D eigenvalue weighted by atomic mass is 9.94. The number of aromatic amines is 1. The summed E-state index contributed by atoms with van der Waals surface area (Å²) in [6.07, 6.45) is 0.158. The third kappa shape index (κ3) is 4.70. The molecule has 2 aromatic rings. The van der Waals surface area contributed by atoms with Crippen LogP contribution in [0.25, 0.3) is 0 Å². The molecule has 1 N–H and O–H groups in total. The summed E-state index contributed by atoms with van der Waals surface area (Å²) in [5, 5.41) is 0. The molecule has 0 fully saturated rings. The van der Waals surface area contributed by atoms with Gasteiger partial charge in [-0.2, -0.15) is 8.78 Å². The van der Waals surface area contributed by atoms with Crippen LogP contribution in [0.1, 0.15) is 41.1 Å². The Morgan fingerprint density at radius 3 is 2.52 bits per heavy atom. The summed E-state index contributed by atoms with van der Waals surface area (Å²) >= 11 is 0. The van der Waals surface area contributed by atoms with E-state index < -0.39 is 6.61 Å². The van der Waals surface area contributed by atoms with Crippen molar-refractivity contribution in [1.82, 2.24) is 9.97 Å². The number of nitrogens with one attached hydrogen (secondary N) is 1. The molecule has 0 spiro atoms. The first-order chi connectivity index (χ1) is 10.8. The van der Waals surface area contributed by atoms with E-state index in [-0.39, 0.29) is 35.1 Å². The predicted molar refractivity (Wildman–Crippen MR) is 80.0 cm³/mol. The molecule has 1 heterocycles. The van der Waals surface area contributed by atoms with E-state index in [0.717, 1.165) is 5.56 Å². The molecule has 0 radical (unpaired) electrons. The smallest absolute Gasteiger partial charge is 0.387 e. The van der Waals surface area contributed by atoms with Gasteiger partial charge in [-0.3, -0.25) is 9.59 Å². The molecule has 0 aliphatic rings. The monoisotopic (exact) mass is 322 g/mol. The third-order valence-electron chi connectivity index (χ3n) is 3.31. The maximum Gasteiger partial charge on any atom is 0.387 e. The topological polar surface area (TPSA) is 72.0 Å². The average molecular weight is 322 g/mol. The molecule has 2 rings (SSSR count). The van der Waals surface area contributed by atoms with Crippen LogP contribution in [0.3, 0.4) is 0 Å². The minimum Gasteiger partial charge on any atom is -0.435 e. The fourth-order valence-electron chi connectivity index (χ4n) is 2.20. The van der Waals surface area contributed by atoms with E-state index in [4.69, 9.17) is 0 Å². The van der Waals surface area contributed by atoms with Crippen molar-refractivity contribution in [1.29, 1.82) is 0 Å². The number of hydrogen-bond acceptors (Lipinski definition) is 4. The number of benzene rings is 1. The highest BCUT2D eigenvalue weighted by molar-refractivity contribution is 5.94. The normalized spacial score (nSPS) is 12.2. The zero-order chi connectivity index (χ0) is 17.0. The molecule has 0 saturated carbocycles. The predicted octanol–water partition coefficient (Wildman–Crippen LogP) is 3.06. The van der Waals surface area contributed by atoms with Crippen LogP contribution in [0.4, 0.5) is 8.78 Å². The second-order valence-electron chi connectivity index (χ2n) is 5.19. The second-order valence-corrected chi connectivity index (χ2v) is 5.19. The van der Waals surface area contributed by atoms with Crippen LogP contribution in [0.15, 0.2) is 35.1 Å². The Bertz CT molecular complexity index is 742. The molecule has 1 atom stereocenters. The summed E-state index contributed by atoms with van der Waals surface area (Å²) < 4.78 is 28.5. The van der Waals surface area contributed by atoms with Gasteiger partial charge in [0.2, 0.25) is 0 Å². The van der Waals surface area contributed by atoms with Gasteiger partial charge in [-0.15, -0.1) is 0 Å². The molecule has 7 heteroatoms. The first-order valence-corrected chi connectivity index (χ1v) is 7.01. The molecule has 0 aliphatic heterocycles. The summed E-state index contributed by atoms with van der Waals surface area (Å²) in [6, 6.07) is 7.29. The molecule has 5 nitrogen and oxygen atoms in total. The number of alkyl halides is 2. The lowest BCUT2D eigenvalue weighted by Crippen LogP contribution is -2.15. The van der Waals surface area contributed by atoms with Crippen molar-refractivity contribution in [2.75, 3.05) is 0 Å². The first-order valence-electron chi connectivity index (χ1n) is 7.01. The third-order valence-corrected chi connectivity index (χ3v) is 3.31. The van der Waals surface area contributed by atoms with Gasteiger partial charge in [-0.1, -0.05) is 19.1 Å². The Kier molecular flexibility index (Phi) is 5.20. The summed E-state index contributed by atoms with van der Waals surface area (Å²) in [6.45, 7) is 0.565. The average Bonchev–Trinajstić information content (AvgIpc) is 2.46. The van der Waals surface area contributed by atoms with Crippen molar-refractivity contribution >= 4 is 5.78 Å².